The van der Waals surface area contributed by atoms with Crippen molar-refractivity contribution in [2.24, 2.45) is 0 Å². The third-order valence-electron chi connectivity index (χ3n) is 1.26. The van der Waals surface area contributed by atoms with Crippen molar-refractivity contribution in [3.63, 3.8) is 0 Å². The number of furan rings is 1. The van der Waals surface area contributed by atoms with Gasteiger partial charge in [0.25, 0.3) is 6.29 Å². The molecule has 1 aliphatic heterocycles. The second-order valence-corrected chi connectivity index (χ2v) is 1.99. The van der Waals surface area contributed by atoms with E-state index in [1.807, 2.05) is 0 Å². The number of aliphatic hydroxyl groups is 1. The molecule has 0 aliphatic carbocycles. The van der Waals surface area contributed by atoms with Crippen LogP contribution >= 0.6 is 0 Å². The van der Waals surface area contributed by atoms with E-state index in [4.69, 9.17) is 9.52 Å². The Bertz CT molecular complexity index is 225. The van der Waals surface area contributed by atoms with Crippen LogP contribution < -0.4 is 0 Å². The van der Waals surface area contributed by atoms with E-state index in [1.165, 1.54) is 0 Å². The van der Waals surface area contributed by atoms with Crippen molar-refractivity contribution >= 4 is 0 Å². The Kier molecular flexibility index (Phi) is 1.23. The summed E-state index contributed by atoms with van der Waals surface area (Å²) in [5.41, 5.74) is 0. The smallest absolute Gasteiger partial charge is 0.281 e. The summed E-state index contributed by atoms with van der Waals surface area (Å²) in [4.78, 5) is 8.95. The van der Waals surface area contributed by atoms with Gasteiger partial charge in [0.15, 0.2) is 5.76 Å². The highest BCUT2D eigenvalue weighted by molar-refractivity contribution is 5.08. The van der Waals surface area contributed by atoms with Crippen molar-refractivity contribution < 1.29 is 19.3 Å². The summed E-state index contributed by atoms with van der Waals surface area (Å²) >= 11 is 0. The molecule has 0 radical (unpaired) electrons. The fourth-order valence-corrected chi connectivity index (χ4v) is 0.729. The Morgan fingerprint density at radius 2 is 2.20 bits per heavy atom. The SMILES string of the molecule is OCc1ccc(C2OO2)o1. The molecule has 0 atom stereocenters. The van der Waals surface area contributed by atoms with Crippen LogP contribution in [0.4, 0.5) is 0 Å². The van der Waals surface area contributed by atoms with E-state index in [-0.39, 0.29) is 12.9 Å². The summed E-state index contributed by atoms with van der Waals surface area (Å²) in [7, 11) is 0. The minimum atomic E-state index is -0.347. The highest BCUT2D eigenvalue weighted by atomic mass is 17.4. The van der Waals surface area contributed by atoms with E-state index >= 15 is 0 Å². The van der Waals surface area contributed by atoms with Crippen LogP contribution in [0.5, 0.6) is 0 Å². The highest BCUT2D eigenvalue weighted by Crippen LogP contribution is 2.32. The zero-order valence-corrected chi connectivity index (χ0v) is 5.11. The van der Waals surface area contributed by atoms with Crippen LogP contribution in [0.1, 0.15) is 17.8 Å². The molecule has 0 amide bonds. The van der Waals surface area contributed by atoms with E-state index < -0.39 is 0 Å². The molecular weight excluding hydrogens is 136 g/mol. The fourth-order valence-electron chi connectivity index (χ4n) is 0.729. The molecular formula is C6H6O4. The maximum absolute atomic E-state index is 8.58. The molecule has 10 heavy (non-hydrogen) atoms. The molecule has 0 unspecified atom stereocenters. The van der Waals surface area contributed by atoms with Gasteiger partial charge in [0, 0.05) is 0 Å². The zero-order chi connectivity index (χ0) is 6.97. The van der Waals surface area contributed by atoms with E-state index in [0.717, 1.165) is 0 Å². The Hall–Kier alpha value is -0.840. The first-order valence-electron chi connectivity index (χ1n) is 2.92. The topological polar surface area (TPSA) is 58.4 Å². The second-order valence-electron chi connectivity index (χ2n) is 1.99. The molecule has 1 aliphatic rings. The third kappa shape index (κ3) is 0.923. The second kappa shape index (κ2) is 2.09. The van der Waals surface area contributed by atoms with E-state index in [2.05, 4.69) is 9.78 Å². The average Bonchev–Trinajstić information content (AvgIpc) is 2.70. The van der Waals surface area contributed by atoms with Gasteiger partial charge in [0.05, 0.1) is 0 Å². The lowest BCUT2D eigenvalue weighted by atomic mass is 10.4. The van der Waals surface area contributed by atoms with Crippen molar-refractivity contribution in [1.82, 2.24) is 0 Å². The Labute approximate surface area is 56.9 Å². The van der Waals surface area contributed by atoms with Crippen molar-refractivity contribution in [3.05, 3.63) is 23.7 Å². The van der Waals surface area contributed by atoms with Gasteiger partial charge in [-0.3, -0.25) is 0 Å². The summed E-state index contributed by atoms with van der Waals surface area (Å²) in [5.74, 6) is 1.12. The summed E-state index contributed by atoms with van der Waals surface area (Å²) in [6, 6.07) is 3.39. The van der Waals surface area contributed by atoms with Crippen molar-refractivity contribution in [2.75, 3.05) is 0 Å². The van der Waals surface area contributed by atoms with Gasteiger partial charge in [-0.15, -0.1) is 0 Å². The maximum atomic E-state index is 8.58. The monoisotopic (exact) mass is 142 g/mol. The molecule has 1 aromatic rings. The van der Waals surface area contributed by atoms with Crippen LogP contribution in [0.3, 0.4) is 0 Å². The van der Waals surface area contributed by atoms with E-state index in [9.17, 15) is 0 Å². The van der Waals surface area contributed by atoms with E-state index in [1.54, 1.807) is 12.1 Å². The number of hydrogen-bond donors (Lipinski definition) is 1. The van der Waals surface area contributed by atoms with Crippen molar-refractivity contribution in [2.45, 2.75) is 12.9 Å². The van der Waals surface area contributed by atoms with Crippen LogP contribution in [0, 0.1) is 0 Å². The molecule has 1 N–H and O–H groups in total. The van der Waals surface area contributed by atoms with Crippen LogP contribution in [0.25, 0.3) is 0 Å². The molecule has 1 aromatic heterocycles. The molecule has 1 fully saturated rings. The molecule has 4 nitrogen and oxygen atoms in total. The van der Waals surface area contributed by atoms with Gasteiger partial charge in [-0.2, -0.15) is 9.78 Å². The van der Waals surface area contributed by atoms with Gasteiger partial charge in [-0.05, 0) is 12.1 Å². The van der Waals surface area contributed by atoms with Crippen LogP contribution in [-0.2, 0) is 16.4 Å². The third-order valence-corrected chi connectivity index (χ3v) is 1.26. The van der Waals surface area contributed by atoms with Gasteiger partial charge in [-0.1, -0.05) is 0 Å². The molecule has 0 spiro atoms. The first-order valence-corrected chi connectivity index (χ1v) is 2.92. The predicted molar refractivity (Wildman–Crippen MR) is 29.5 cm³/mol. The minimum absolute atomic E-state index is 0.0906. The number of hydrogen-bond acceptors (Lipinski definition) is 4. The average molecular weight is 142 g/mol. The minimum Gasteiger partial charge on any atom is -0.458 e. The van der Waals surface area contributed by atoms with Crippen molar-refractivity contribution in [3.8, 4) is 0 Å². The lowest BCUT2D eigenvalue weighted by Crippen LogP contribution is -1.75. The summed E-state index contributed by atoms with van der Waals surface area (Å²) < 4.78 is 5.06. The molecule has 0 saturated carbocycles. The van der Waals surface area contributed by atoms with Gasteiger partial charge in [0.1, 0.15) is 12.4 Å². The fraction of sp³-hybridized carbons (Fsp3) is 0.333. The summed E-state index contributed by atoms with van der Waals surface area (Å²) in [6.45, 7) is -0.0906. The maximum Gasteiger partial charge on any atom is 0.281 e. The van der Waals surface area contributed by atoms with E-state index in [0.29, 0.717) is 11.5 Å². The lowest BCUT2D eigenvalue weighted by molar-refractivity contribution is 0.0850. The lowest BCUT2D eigenvalue weighted by Gasteiger charge is -1.84. The van der Waals surface area contributed by atoms with Crippen molar-refractivity contribution in [1.29, 1.82) is 0 Å². The molecule has 2 rings (SSSR count). The van der Waals surface area contributed by atoms with Crippen LogP contribution in [-0.4, -0.2) is 5.11 Å². The van der Waals surface area contributed by atoms with Crippen LogP contribution in [0.2, 0.25) is 0 Å². The normalized spacial score (nSPS) is 17.7. The first kappa shape index (κ1) is 5.91. The molecule has 0 bridgehead atoms. The Morgan fingerprint density at radius 1 is 1.40 bits per heavy atom. The predicted octanol–water partition coefficient (Wildman–Crippen LogP) is 0.732. The van der Waals surface area contributed by atoms with Gasteiger partial charge < -0.3 is 9.52 Å². The standard InChI is InChI=1S/C6H6O4/c7-3-4-1-2-5(8-4)6-9-10-6/h1-2,6-7H,3H2. The van der Waals surface area contributed by atoms with Gasteiger partial charge in [0.2, 0.25) is 0 Å². The highest BCUT2D eigenvalue weighted by Gasteiger charge is 2.31. The molecule has 54 valence electrons. The number of rotatable bonds is 2. The molecule has 2 heterocycles. The summed E-state index contributed by atoms with van der Waals surface area (Å²) in [5, 5.41) is 8.58. The van der Waals surface area contributed by atoms with Crippen LogP contribution in [0.15, 0.2) is 16.5 Å². The van der Waals surface area contributed by atoms with Gasteiger partial charge >= 0.3 is 0 Å². The van der Waals surface area contributed by atoms with Gasteiger partial charge in [-0.25, -0.2) is 0 Å². The largest absolute Gasteiger partial charge is 0.458 e. The molecule has 1 saturated heterocycles. The molecule has 4 heteroatoms. The first-order chi connectivity index (χ1) is 4.90. The molecule has 0 aromatic carbocycles. The number of aliphatic hydroxyl groups excluding tert-OH is 1. The zero-order valence-electron chi connectivity index (χ0n) is 5.11. The Balaban J connectivity index is 2.19. The summed E-state index contributed by atoms with van der Waals surface area (Å²) in [6.07, 6.45) is -0.347. The Morgan fingerprint density at radius 3 is 2.70 bits per heavy atom. The quantitative estimate of drug-likeness (QED) is 0.488.